The third kappa shape index (κ3) is 7.39. The molecule has 0 saturated carbocycles. The first-order valence-corrected chi connectivity index (χ1v) is 8.50. The highest BCUT2D eigenvalue weighted by Crippen LogP contribution is 2.21. The van der Waals surface area contributed by atoms with Gasteiger partial charge >= 0.3 is 0 Å². The summed E-state index contributed by atoms with van der Waals surface area (Å²) in [6, 6.07) is 13.4. The number of hydrogen-bond acceptors (Lipinski definition) is 3. The highest BCUT2D eigenvalue weighted by atomic mass is 127. The number of rotatable bonds is 8. The second-order valence-corrected chi connectivity index (χ2v) is 6.03. The first-order valence-electron chi connectivity index (χ1n) is 8.13. The van der Waals surface area contributed by atoms with E-state index in [9.17, 15) is 0 Å². The molecule has 0 unspecified atom stereocenters. The van der Waals surface area contributed by atoms with Crippen molar-refractivity contribution in [3.8, 4) is 5.75 Å². The van der Waals surface area contributed by atoms with Crippen molar-refractivity contribution >= 4 is 47.2 Å². The molecule has 3 N–H and O–H groups in total. The van der Waals surface area contributed by atoms with Crippen LogP contribution in [0.4, 0.5) is 5.69 Å². The molecule has 0 spiro atoms. The van der Waals surface area contributed by atoms with Crippen LogP contribution in [0.1, 0.15) is 17.5 Å². The number of nitrogens with zero attached hydrogens (tertiary/aromatic N) is 1. The Balaban J connectivity index is 0.00000338. The number of nitrogens with one attached hydrogen (secondary N) is 1. The summed E-state index contributed by atoms with van der Waals surface area (Å²) in [6.45, 7) is 3.64. The molecule has 0 fully saturated rings. The Hall–Kier alpha value is -1.51. The van der Waals surface area contributed by atoms with Crippen LogP contribution in [0, 0.1) is 6.92 Å². The minimum Gasteiger partial charge on any atom is -0.493 e. The van der Waals surface area contributed by atoms with Gasteiger partial charge in [0.05, 0.1) is 13.2 Å². The van der Waals surface area contributed by atoms with Gasteiger partial charge in [-0.15, -0.1) is 24.0 Å². The molecule has 7 heteroatoms. The molecule has 0 amide bonds. The van der Waals surface area contributed by atoms with E-state index in [4.69, 9.17) is 26.8 Å². The van der Waals surface area contributed by atoms with Crippen LogP contribution in [0.2, 0.25) is 5.02 Å². The maximum absolute atomic E-state index is 5.95. The third-order valence-corrected chi connectivity index (χ3v) is 3.79. The van der Waals surface area contributed by atoms with E-state index in [0.29, 0.717) is 30.7 Å². The van der Waals surface area contributed by atoms with Crippen molar-refractivity contribution in [2.75, 3.05) is 25.6 Å². The summed E-state index contributed by atoms with van der Waals surface area (Å²) in [4.78, 5) is 4.33. The second kappa shape index (κ2) is 12.0. The molecule has 0 saturated heterocycles. The Morgan fingerprint density at radius 2 is 2.00 bits per heavy atom. The van der Waals surface area contributed by atoms with Gasteiger partial charge in [-0.2, -0.15) is 0 Å². The lowest BCUT2D eigenvalue weighted by atomic mass is 10.2. The van der Waals surface area contributed by atoms with E-state index in [-0.39, 0.29) is 24.0 Å². The molecular weight excluding hydrogens is 465 g/mol. The largest absolute Gasteiger partial charge is 0.493 e. The fourth-order valence-electron chi connectivity index (χ4n) is 2.32. The SMILES string of the molecule is COCc1ccccc1NC(N)=NCCCOc1ccc(Cl)cc1C.I. The minimum atomic E-state index is 0. The van der Waals surface area contributed by atoms with E-state index in [0.717, 1.165) is 29.0 Å². The molecule has 0 heterocycles. The van der Waals surface area contributed by atoms with E-state index < -0.39 is 0 Å². The van der Waals surface area contributed by atoms with Crippen molar-refractivity contribution in [1.82, 2.24) is 0 Å². The van der Waals surface area contributed by atoms with E-state index in [1.54, 1.807) is 7.11 Å². The smallest absolute Gasteiger partial charge is 0.193 e. The average molecular weight is 490 g/mol. The van der Waals surface area contributed by atoms with Crippen molar-refractivity contribution in [3.05, 3.63) is 58.6 Å². The monoisotopic (exact) mass is 489 g/mol. The number of nitrogens with two attached hydrogens (primary N) is 1. The van der Waals surface area contributed by atoms with Crippen LogP contribution in [0.15, 0.2) is 47.5 Å². The van der Waals surface area contributed by atoms with Crippen LogP contribution in [-0.4, -0.2) is 26.2 Å². The Bertz CT molecular complexity index is 726. The number of ether oxygens (including phenoxy) is 2. The Morgan fingerprint density at radius 3 is 2.73 bits per heavy atom. The summed E-state index contributed by atoms with van der Waals surface area (Å²) >= 11 is 5.93. The van der Waals surface area contributed by atoms with Gasteiger partial charge in [0.1, 0.15) is 5.75 Å². The number of methoxy groups -OCH3 is 1. The van der Waals surface area contributed by atoms with Crippen LogP contribution in [-0.2, 0) is 11.3 Å². The van der Waals surface area contributed by atoms with Gasteiger partial charge in [0.25, 0.3) is 0 Å². The van der Waals surface area contributed by atoms with Crippen molar-refractivity contribution in [1.29, 1.82) is 0 Å². The summed E-state index contributed by atoms with van der Waals surface area (Å²) in [7, 11) is 1.66. The van der Waals surface area contributed by atoms with Crippen molar-refractivity contribution < 1.29 is 9.47 Å². The molecule has 2 rings (SSSR count). The molecule has 0 aliphatic rings. The maximum Gasteiger partial charge on any atom is 0.193 e. The third-order valence-electron chi connectivity index (χ3n) is 3.56. The average Bonchev–Trinajstić information content (AvgIpc) is 2.58. The fraction of sp³-hybridized carbons (Fsp3) is 0.316. The normalized spacial score (nSPS) is 11.0. The maximum atomic E-state index is 5.95. The number of guanidine groups is 1. The van der Waals surface area contributed by atoms with Crippen molar-refractivity contribution in [3.63, 3.8) is 0 Å². The van der Waals surface area contributed by atoms with Gasteiger partial charge in [-0.05, 0) is 36.8 Å². The second-order valence-electron chi connectivity index (χ2n) is 5.59. The number of aliphatic imine (C=N–C) groups is 1. The van der Waals surface area contributed by atoms with Gasteiger partial charge in [0.15, 0.2) is 5.96 Å². The zero-order chi connectivity index (χ0) is 18.1. The summed E-state index contributed by atoms with van der Waals surface area (Å²) in [5.41, 5.74) is 8.90. The molecule has 0 radical (unpaired) electrons. The first kappa shape index (κ1) is 22.5. The number of aryl methyl sites for hydroxylation is 1. The van der Waals surface area contributed by atoms with Gasteiger partial charge in [-0.25, -0.2) is 0 Å². The molecule has 0 atom stereocenters. The first-order chi connectivity index (χ1) is 12.1. The standard InChI is InChI=1S/C19H24ClN3O2.HI/c1-14-12-16(20)8-9-18(14)25-11-5-10-22-19(21)23-17-7-4-3-6-15(17)13-24-2;/h3-4,6-9,12H,5,10-11,13H2,1-2H3,(H3,21,22,23);1H. The molecule has 0 bridgehead atoms. The summed E-state index contributed by atoms with van der Waals surface area (Å²) < 4.78 is 10.9. The van der Waals surface area contributed by atoms with Crippen LogP contribution in [0.5, 0.6) is 5.75 Å². The zero-order valence-electron chi connectivity index (χ0n) is 15.0. The van der Waals surface area contributed by atoms with Gasteiger partial charge < -0.3 is 20.5 Å². The van der Waals surface area contributed by atoms with Crippen LogP contribution in [0.25, 0.3) is 0 Å². The fourth-order valence-corrected chi connectivity index (χ4v) is 2.55. The molecule has 5 nitrogen and oxygen atoms in total. The van der Waals surface area contributed by atoms with Gasteiger partial charge in [0, 0.05) is 36.3 Å². The minimum absolute atomic E-state index is 0. The number of anilines is 1. The lowest BCUT2D eigenvalue weighted by Gasteiger charge is -2.11. The van der Waals surface area contributed by atoms with Gasteiger partial charge in [-0.3, -0.25) is 4.99 Å². The number of para-hydroxylation sites is 1. The quantitative estimate of drug-likeness (QED) is 0.246. The predicted octanol–water partition coefficient (Wildman–Crippen LogP) is 4.61. The number of hydrogen-bond donors (Lipinski definition) is 2. The summed E-state index contributed by atoms with van der Waals surface area (Å²) in [5, 5.41) is 3.82. The zero-order valence-corrected chi connectivity index (χ0v) is 18.1. The van der Waals surface area contributed by atoms with Gasteiger partial charge in [0.2, 0.25) is 0 Å². The summed E-state index contributed by atoms with van der Waals surface area (Å²) in [5.74, 6) is 1.22. The van der Waals surface area contributed by atoms with Crippen LogP contribution >= 0.6 is 35.6 Å². The highest BCUT2D eigenvalue weighted by molar-refractivity contribution is 14.0. The Kier molecular flexibility index (Phi) is 10.4. The van der Waals surface area contributed by atoms with E-state index in [1.807, 2.05) is 49.4 Å². The van der Waals surface area contributed by atoms with E-state index in [2.05, 4.69) is 10.3 Å². The lowest BCUT2D eigenvalue weighted by Crippen LogP contribution is -2.23. The van der Waals surface area contributed by atoms with E-state index in [1.165, 1.54) is 0 Å². The molecule has 2 aromatic rings. The molecule has 142 valence electrons. The molecule has 26 heavy (non-hydrogen) atoms. The molecular formula is C19H25ClIN3O2. The Labute approximate surface area is 177 Å². The molecule has 0 aromatic heterocycles. The highest BCUT2D eigenvalue weighted by Gasteiger charge is 2.03. The molecule has 0 aliphatic carbocycles. The lowest BCUT2D eigenvalue weighted by molar-refractivity contribution is 0.185. The van der Waals surface area contributed by atoms with Gasteiger partial charge in [-0.1, -0.05) is 29.8 Å². The van der Waals surface area contributed by atoms with Crippen LogP contribution in [0.3, 0.4) is 0 Å². The topological polar surface area (TPSA) is 68.9 Å². The number of halogens is 2. The van der Waals surface area contributed by atoms with Crippen molar-refractivity contribution in [2.24, 2.45) is 10.7 Å². The Morgan fingerprint density at radius 1 is 1.23 bits per heavy atom. The number of benzene rings is 2. The predicted molar refractivity (Wildman–Crippen MR) is 119 cm³/mol. The molecule has 0 aliphatic heterocycles. The molecule has 2 aromatic carbocycles. The van der Waals surface area contributed by atoms with E-state index >= 15 is 0 Å². The summed E-state index contributed by atoms with van der Waals surface area (Å²) in [6.07, 6.45) is 0.768. The van der Waals surface area contributed by atoms with Crippen LogP contribution < -0.4 is 15.8 Å². The van der Waals surface area contributed by atoms with Crippen molar-refractivity contribution in [2.45, 2.75) is 20.0 Å².